The van der Waals surface area contributed by atoms with Gasteiger partial charge in [-0.15, -0.1) is 0 Å². The second kappa shape index (κ2) is 21.1. The molecule has 0 radical (unpaired) electrons. The summed E-state index contributed by atoms with van der Waals surface area (Å²) in [5.74, 6) is -0.946. The molecule has 1 aliphatic carbocycles. The zero-order chi connectivity index (χ0) is 38.0. The van der Waals surface area contributed by atoms with E-state index in [1.807, 2.05) is 30.3 Å². The van der Waals surface area contributed by atoms with E-state index >= 15 is 0 Å². The molecule has 3 aromatic rings. The molecule has 282 valence electrons. The van der Waals surface area contributed by atoms with E-state index in [9.17, 15) is 23.6 Å². The number of carbonyl (C=O) groups is 4. The van der Waals surface area contributed by atoms with E-state index in [-0.39, 0.29) is 47.5 Å². The van der Waals surface area contributed by atoms with Gasteiger partial charge < -0.3 is 42.3 Å². The van der Waals surface area contributed by atoms with Crippen molar-refractivity contribution in [3.63, 3.8) is 0 Å². The lowest BCUT2D eigenvalue weighted by atomic mass is 9.86. The third-order valence-corrected chi connectivity index (χ3v) is 8.51. The predicted octanol–water partition coefficient (Wildman–Crippen LogP) is 3.00. The van der Waals surface area contributed by atoms with Crippen LogP contribution in [0, 0.1) is 18.7 Å². The summed E-state index contributed by atoms with van der Waals surface area (Å²) in [6, 6.07) is 14.2. The van der Waals surface area contributed by atoms with Gasteiger partial charge in [0.25, 0.3) is 0 Å². The summed E-state index contributed by atoms with van der Waals surface area (Å²) in [5, 5.41) is 20.9. The Morgan fingerprint density at radius 2 is 1.65 bits per heavy atom. The number of carboxylic acids is 1. The molecule has 0 aliphatic heterocycles. The number of amides is 3. The van der Waals surface area contributed by atoms with Crippen LogP contribution in [-0.2, 0) is 32.1 Å². The molecule has 1 aliphatic rings. The number of oxazole rings is 1. The van der Waals surface area contributed by atoms with E-state index in [4.69, 9.17) is 21.0 Å². The standard InChI is InChI=1S/C23H36N6O4.C14H15FN2O2/c1-15(28-18-11-9-17(10-12-18)22(32)33)20(30)29-19(8-5-13-26-23(24)25)21(31)27-14-16-6-3-2-4-7-16;1-9-8-16-14(19-9)13(17-10(2)18)7-11-3-5-12(15)6-4-11/h2-4,6-7,15,17-19,28H,5,8-14H2,1H3,(H,27,31)(H,29,30)(H,32,33)(H4,24,25,26);3-6,8,13H,7H2,1-2H3,(H,17,18)/t15-,17?,18?,19-;13-/m00/s1. The quantitative estimate of drug-likeness (QED) is 0.0650. The van der Waals surface area contributed by atoms with Crippen molar-refractivity contribution in [2.24, 2.45) is 22.4 Å². The fourth-order valence-electron chi connectivity index (χ4n) is 5.75. The maximum Gasteiger partial charge on any atom is 0.306 e. The van der Waals surface area contributed by atoms with Crippen LogP contribution in [0.25, 0.3) is 0 Å². The molecule has 15 heteroatoms. The van der Waals surface area contributed by atoms with Crippen molar-refractivity contribution in [2.45, 2.75) is 96.4 Å². The van der Waals surface area contributed by atoms with Crippen LogP contribution >= 0.6 is 0 Å². The van der Waals surface area contributed by atoms with Crippen LogP contribution in [0.15, 0.2) is 70.2 Å². The molecule has 1 fully saturated rings. The topological polar surface area (TPSA) is 227 Å². The number of carbonyl (C=O) groups excluding carboxylic acids is 3. The fourth-order valence-corrected chi connectivity index (χ4v) is 5.75. The number of nitrogens with two attached hydrogens (primary N) is 2. The van der Waals surface area contributed by atoms with E-state index in [1.165, 1.54) is 19.1 Å². The minimum absolute atomic E-state index is 0.0143. The van der Waals surface area contributed by atoms with Crippen LogP contribution in [-0.4, -0.2) is 64.4 Å². The molecule has 9 N–H and O–H groups in total. The highest BCUT2D eigenvalue weighted by atomic mass is 19.1. The number of aryl methyl sites for hydroxylation is 1. The third-order valence-electron chi connectivity index (χ3n) is 8.51. The van der Waals surface area contributed by atoms with Crippen molar-refractivity contribution in [3.05, 3.63) is 89.4 Å². The number of aliphatic carboxylic acids is 1. The van der Waals surface area contributed by atoms with Gasteiger partial charge in [0.1, 0.15) is 23.7 Å². The van der Waals surface area contributed by atoms with Gasteiger partial charge in [-0.2, -0.15) is 0 Å². The molecule has 3 atom stereocenters. The third kappa shape index (κ3) is 14.9. The van der Waals surface area contributed by atoms with Gasteiger partial charge in [-0.25, -0.2) is 9.37 Å². The lowest BCUT2D eigenvalue weighted by Gasteiger charge is -2.29. The Morgan fingerprint density at radius 1 is 0.981 bits per heavy atom. The first-order valence-corrected chi connectivity index (χ1v) is 17.4. The van der Waals surface area contributed by atoms with Gasteiger partial charge in [-0.3, -0.25) is 24.2 Å². The highest BCUT2D eigenvalue weighted by Crippen LogP contribution is 2.25. The van der Waals surface area contributed by atoms with Gasteiger partial charge in [0.2, 0.25) is 23.6 Å². The Bertz CT molecular complexity index is 1610. The summed E-state index contributed by atoms with van der Waals surface area (Å²) in [4.78, 5) is 56.0. The average Bonchev–Trinajstić information content (AvgIpc) is 3.55. The van der Waals surface area contributed by atoms with Gasteiger partial charge >= 0.3 is 5.97 Å². The summed E-state index contributed by atoms with van der Waals surface area (Å²) in [5.41, 5.74) is 12.6. The lowest BCUT2D eigenvalue weighted by molar-refractivity contribution is -0.143. The molecule has 0 unspecified atom stereocenters. The van der Waals surface area contributed by atoms with Crippen LogP contribution in [0.3, 0.4) is 0 Å². The first kappa shape index (κ1) is 41.1. The molecule has 52 heavy (non-hydrogen) atoms. The van der Waals surface area contributed by atoms with Crippen LogP contribution in [0.1, 0.15) is 81.2 Å². The number of aliphatic imine (C=N–C) groups is 1. The average molecular weight is 723 g/mol. The highest BCUT2D eigenvalue weighted by Gasteiger charge is 2.29. The Hall–Kier alpha value is -5.31. The number of nitrogens with zero attached hydrogens (tertiary/aromatic N) is 2. The number of halogens is 1. The molecule has 14 nitrogen and oxygen atoms in total. The van der Waals surface area contributed by atoms with Gasteiger partial charge in [-0.05, 0) is 75.6 Å². The molecule has 2 aromatic carbocycles. The summed E-state index contributed by atoms with van der Waals surface area (Å²) < 4.78 is 18.3. The summed E-state index contributed by atoms with van der Waals surface area (Å²) in [7, 11) is 0. The molecule has 1 aromatic heterocycles. The van der Waals surface area contributed by atoms with Crippen LogP contribution in [0.4, 0.5) is 4.39 Å². The molecule has 0 saturated heterocycles. The van der Waals surface area contributed by atoms with Crippen LogP contribution in [0.5, 0.6) is 0 Å². The molecular formula is C37H51FN8O6. The lowest BCUT2D eigenvalue weighted by Crippen LogP contribution is -2.53. The summed E-state index contributed by atoms with van der Waals surface area (Å²) in [6.45, 7) is 5.70. The normalized spacial score (nSPS) is 16.9. The minimum atomic E-state index is -0.760. The van der Waals surface area contributed by atoms with E-state index in [2.05, 4.69) is 31.2 Å². The van der Waals surface area contributed by atoms with Gasteiger partial charge in [0, 0.05) is 32.5 Å². The first-order chi connectivity index (χ1) is 24.8. The second-order valence-corrected chi connectivity index (χ2v) is 12.9. The zero-order valence-electron chi connectivity index (χ0n) is 29.9. The van der Waals surface area contributed by atoms with E-state index in [0.29, 0.717) is 69.7 Å². The molecule has 3 amide bonds. The molecule has 1 heterocycles. The minimum Gasteiger partial charge on any atom is -0.481 e. The molecule has 0 spiro atoms. The molecular weight excluding hydrogens is 671 g/mol. The predicted molar refractivity (Wildman–Crippen MR) is 194 cm³/mol. The first-order valence-electron chi connectivity index (χ1n) is 17.4. The maximum absolute atomic E-state index is 12.9. The Kier molecular flexibility index (Phi) is 16.7. The number of rotatable bonds is 16. The smallest absolute Gasteiger partial charge is 0.306 e. The summed E-state index contributed by atoms with van der Waals surface area (Å²) >= 11 is 0. The van der Waals surface area contributed by atoms with Gasteiger partial charge in [0.15, 0.2) is 5.96 Å². The Labute approximate surface area is 303 Å². The van der Waals surface area contributed by atoms with Crippen molar-refractivity contribution in [1.82, 2.24) is 26.3 Å². The van der Waals surface area contributed by atoms with Gasteiger partial charge in [-0.1, -0.05) is 42.5 Å². The molecule has 4 rings (SSSR count). The monoisotopic (exact) mass is 722 g/mol. The van der Waals surface area contributed by atoms with E-state index < -0.39 is 18.1 Å². The number of hydrogen-bond donors (Lipinski definition) is 7. The van der Waals surface area contributed by atoms with E-state index in [0.717, 1.165) is 11.1 Å². The van der Waals surface area contributed by atoms with Crippen LogP contribution in [0.2, 0.25) is 0 Å². The Balaban J connectivity index is 0.000000323. The second-order valence-electron chi connectivity index (χ2n) is 12.9. The van der Waals surface area contributed by atoms with Crippen molar-refractivity contribution in [3.8, 4) is 0 Å². The summed E-state index contributed by atoms with van der Waals surface area (Å²) in [6.07, 6.45) is 5.62. The van der Waals surface area contributed by atoms with Gasteiger partial charge in [0.05, 0.1) is 18.2 Å². The van der Waals surface area contributed by atoms with Crippen LogP contribution < -0.4 is 32.7 Å². The number of guanidine groups is 1. The Morgan fingerprint density at radius 3 is 2.23 bits per heavy atom. The van der Waals surface area contributed by atoms with Crippen molar-refractivity contribution >= 4 is 29.7 Å². The zero-order valence-corrected chi connectivity index (χ0v) is 29.9. The largest absolute Gasteiger partial charge is 0.481 e. The van der Waals surface area contributed by atoms with Crippen molar-refractivity contribution in [1.29, 1.82) is 0 Å². The number of nitrogens with one attached hydrogen (secondary N) is 4. The number of carboxylic acid groups (broad SMARTS) is 1. The van der Waals surface area contributed by atoms with Crippen molar-refractivity contribution in [2.75, 3.05) is 6.54 Å². The number of aromatic nitrogens is 1. The maximum atomic E-state index is 12.9. The highest BCUT2D eigenvalue weighted by molar-refractivity contribution is 5.89. The van der Waals surface area contributed by atoms with Crippen molar-refractivity contribution < 1.29 is 33.1 Å². The number of hydrogen-bond acceptors (Lipinski definition) is 8. The fraction of sp³-hybridized carbons (Fsp3) is 0.459. The SMILES string of the molecule is CC(=O)N[C@@H](Cc1ccc(F)cc1)c1ncc(C)o1.C[C@H](NC1CCC(C(=O)O)CC1)C(=O)N[C@@H](CCCN=C(N)N)C(=O)NCc1ccccc1. The number of benzene rings is 2. The molecule has 1 saturated carbocycles. The molecule has 0 bridgehead atoms. The van der Waals surface area contributed by atoms with E-state index in [1.54, 1.807) is 32.2 Å².